The molecule has 0 fully saturated rings. The molecule has 3 aromatic rings. The maximum Gasteiger partial charge on any atom is 0.223 e. The summed E-state index contributed by atoms with van der Waals surface area (Å²) in [5, 5.41) is 4.37. The molecule has 5 heteroatoms. The van der Waals surface area contributed by atoms with E-state index in [9.17, 15) is 9.59 Å². The number of nitrogens with zero attached hydrogens (tertiary/aromatic N) is 3. The first kappa shape index (κ1) is 20.1. The number of fused-ring (bicyclic) bond motifs is 1. The van der Waals surface area contributed by atoms with Crippen LogP contribution in [0.15, 0.2) is 60.9 Å². The second-order valence-electron chi connectivity index (χ2n) is 7.99. The van der Waals surface area contributed by atoms with E-state index in [1.165, 1.54) is 24.0 Å². The van der Waals surface area contributed by atoms with Gasteiger partial charge in [0, 0.05) is 43.8 Å². The maximum absolute atomic E-state index is 12.6. The van der Waals surface area contributed by atoms with Crippen LogP contribution in [0.1, 0.15) is 52.7 Å². The molecule has 4 rings (SSSR count). The standard InChI is InChI=1S/C25H27N3O2/c1-27(17-19-16-26-28(18-19)23-9-3-2-4-10-23)25(30)14-13-24(29)22-12-11-20-7-5-6-8-21(20)15-22/h2-4,9-12,15-16,18H,5-8,13-14,17H2,1H3. The number of Topliss-reactive ketones (excluding diaryl/α,β-unsaturated/α-hetero) is 1. The Hall–Kier alpha value is -3.21. The number of carbonyl (C=O) groups excluding carboxylic acids is 2. The molecule has 1 aromatic heterocycles. The lowest BCUT2D eigenvalue weighted by atomic mass is 9.89. The quantitative estimate of drug-likeness (QED) is 0.552. The van der Waals surface area contributed by atoms with Crippen LogP contribution in [0.4, 0.5) is 0 Å². The molecule has 0 unspecified atom stereocenters. The Morgan fingerprint density at radius 3 is 2.57 bits per heavy atom. The van der Waals surface area contributed by atoms with Gasteiger partial charge in [-0.1, -0.05) is 30.3 Å². The minimum absolute atomic E-state index is 0.0335. The van der Waals surface area contributed by atoms with Crippen LogP contribution in [0.5, 0.6) is 0 Å². The number of benzene rings is 2. The van der Waals surface area contributed by atoms with Crippen molar-refractivity contribution in [2.75, 3.05) is 7.05 Å². The predicted octanol–water partition coefficient (Wildman–Crippen LogP) is 4.37. The van der Waals surface area contributed by atoms with Gasteiger partial charge in [-0.3, -0.25) is 9.59 Å². The lowest BCUT2D eigenvalue weighted by molar-refractivity contribution is -0.130. The predicted molar refractivity (Wildman–Crippen MR) is 117 cm³/mol. The second-order valence-corrected chi connectivity index (χ2v) is 7.99. The number of aromatic nitrogens is 2. The number of hydrogen-bond donors (Lipinski definition) is 0. The Morgan fingerprint density at radius 2 is 1.77 bits per heavy atom. The third-order valence-electron chi connectivity index (χ3n) is 5.74. The van der Waals surface area contributed by atoms with Crippen LogP contribution in [-0.2, 0) is 24.2 Å². The van der Waals surface area contributed by atoms with Crippen molar-refractivity contribution in [1.82, 2.24) is 14.7 Å². The Kier molecular flexibility index (Phi) is 6.07. The van der Waals surface area contributed by atoms with Crippen LogP contribution in [0.2, 0.25) is 0 Å². The van der Waals surface area contributed by atoms with Crippen LogP contribution < -0.4 is 0 Å². The average molecular weight is 402 g/mol. The molecule has 0 saturated heterocycles. The topological polar surface area (TPSA) is 55.2 Å². The first-order chi connectivity index (χ1) is 14.6. The molecule has 0 radical (unpaired) electrons. The van der Waals surface area contributed by atoms with Crippen molar-refractivity contribution in [3.63, 3.8) is 0 Å². The van der Waals surface area contributed by atoms with Crippen LogP contribution >= 0.6 is 0 Å². The largest absolute Gasteiger partial charge is 0.341 e. The van der Waals surface area contributed by atoms with Gasteiger partial charge in [0.25, 0.3) is 0 Å². The van der Waals surface area contributed by atoms with Crippen LogP contribution in [0.25, 0.3) is 5.69 Å². The summed E-state index contributed by atoms with van der Waals surface area (Å²) in [5.41, 5.74) is 5.33. The van der Waals surface area contributed by atoms with E-state index in [1.807, 2.05) is 48.7 Å². The highest BCUT2D eigenvalue weighted by molar-refractivity contribution is 5.98. The molecule has 1 aliphatic carbocycles. The van der Waals surface area contributed by atoms with Crippen molar-refractivity contribution in [1.29, 1.82) is 0 Å². The first-order valence-corrected chi connectivity index (χ1v) is 10.6. The number of aryl methyl sites for hydroxylation is 2. The molecule has 1 aliphatic rings. The highest BCUT2D eigenvalue weighted by Crippen LogP contribution is 2.23. The Morgan fingerprint density at radius 1 is 1.00 bits per heavy atom. The van der Waals surface area contributed by atoms with Crippen molar-refractivity contribution in [3.8, 4) is 5.69 Å². The molecular formula is C25H27N3O2. The average Bonchev–Trinajstić information content (AvgIpc) is 3.26. The van der Waals surface area contributed by atoms with Crippen molar-refractivity contribution in [3.05, 3.63) is 83.2 Å². The van der Waals surface area contributed by atoms with E-state index >= 15 is 0 Å². The molecule has 30 heavy (non-hydrogen) atoms. The monoisotopic (exact) mass is 401 g/mol. The third-order valence-corrected chi connectivity index (χ3v) is 5.74. The number of ketones is 1. The minimum Gasteiger partial charge on any atom is -0.341 e. The summed E-state index contributed by atoms with van der Waals surface area (Å²) >= 11 is 0. The first-order valence-electron chi connectivity index (χ1n) is 10.6. The van der Waals surface area contributed by atoms with Gasteiger partial charge in [0.05, 0.1) is 11.9 Å². The minimum atomic E-state index is -0.0335. The smallest absolute Gasteiger partial charge is 0.223 e. The Bertz CT molecular complexity index is 1040. The fourth-order valence-corrected chi connectivity index (χ4v) is 3.99. The van der Waals surface area contributed by atoms with Crippen LogP contribution in [0.3, 0.4) is 0 Å². The fraction of sp³-hybridized carbons (Fsp3) is 0.320. The Labute approximate surface area is 177 Å². The molecule has 0 bridgehead atoms. The van der Waals surface area contributed by atoms with Crippen LogP contribution in [0, 0.1) is 0 Å². The normalized spacial score (nSPS) is 13.0. The molecule has 154 valence electrons. The SMILES string of the molecule is CN(Cc1cnn(-c2ccccc2)c1)C(=O)CCC(=O)c1ccc2c(c1)CCCC2. The zero-order valence-electron chi connectivity index (χ0n) is 17.4. The van der Waals surface area contributed by atoms with E-state index in [1.54, 1.807) is 22.8 Å². The molecule has 5 nitrogen and oxygen atoms in total. The van der Waals surface area contributed by atoms with E-state index in [0.29, 0.717) is 6.54 Å². The van der Waals surface area contributed by atoms with Crippen LogP contribution in [-0.4, -0.2) is 33.4 Å². The molecular weight excluding hydrogens is 374 g/mol. The lowest BCUT2D eigenvalue weighted by Crippen LogP contribution is -2.26. The molecule has 0 atom stereocenters. The Balaban J connectivity index is 1.31. The van der Waals surface area contributed by atoms with Crippen molar-refractivity contribution in [2.24, 2.45) is 0 Å². The molecule has 0 N–H and O–H groups in total. The van der Waals surface area contributed by atoms with Gasteiger partial charge in [-0.25, -0.2) is 4.68 Å². The molecule has 0 spiro atoms. The lowest BCUT2D eigenvalue weighted by Gasteiger charge is -2.17. The van der Waals surface area contributed by atoms with E-state index in [0.717, 1.165) is 29.7 Å². The van der Waals surface area contributed by atoms with E-state index in [2.05, 4.69) is 11.2 Å². The second kappa shape index (κ2) is 9.08. The summed E-state index contributed by atoms with van der Waals surface area (Å²) in [6.45, 7) is 0.471. The van der Waals surface area contributed by atoms with Gasteiger partial charge in [0.15, 0.2) is 5.78 Å². The maximum atomic E-state index is 12.6. The number of para-hydroxylation sites is 1. The van der Waals surface area contributed by atoms with Crippen molar-refractivity contribution < 1.29 is 9.59 Å². The molecule has 1 heterocycles. The summed E-state index contributed by atoms with van der Waals surface area (Å²) in [6, 6.07) is 15.9. The van der Waals surface area contributed by atoms with Gasteiger partial charge in [-0.15, -0.1) is 0 Å². The number of rotatable bonds is 7. The summed E-state index contributed by atoms with van der Waals surface area (Å²) in [7, 11) is 1.77. The third kappa shape index (κ3) is 4.67. The molecule has 0 aliphatic heterocycles. The van der Waals surface area contributed by atoms with Gasteiger partial charge in [0.2, 0.25) is 5.91 Å². The summed E-state index contributed by atoms with van der Waals surface area (Å²) in [5.74, 6) is 0.00999. The molecule has 1 amide bonds. The van der Waals surface area contributed by atoms with Crippen molar-refractivity contribution in [2.45, 2.75) is 45.1 Å². The number of hydrogen-bond acceptors (Lipinski definition) is 3. The summed E-state index contributed by atoms with van der Waals surface area (Å²) in [6.07, 6.45) is 8.74. The highest BCUT2D eigenvalue weighted by Gasteiger charge is 2.16. The highest BCUT2D eigenvalue weighted by atomic mass is 16.2. The van der Waals surface area contributed by atoms with Gasteiger partial charge in [-0.05, 0) is 55.0 Å². The van der Waals surface area contributed by atoms with E-state index < -0.39 is 0 Å². The van der Waals surface area contributed by atoms with Gasteiger partial charge >= 0.3 is 0 Å². The van der Waals surface area contributed by atoms with Gasteiger partial charge in [0.1, 0.15) is 0 Å². The summed E-state index contributed by atoms with van der Waals surface area (Å²) < 4.78 is 1.80. The van der Waals surface area contributed by atoms with Crippen molar-refractivity contribution >= 4 is 11.7 Å². The fourth-order valence-electron chi connectivity index (χ4n) is 3.99. The van der Waals surface area contributed by atoms with E-state index in [-0.39, 0.29) is 24.5 Å². The summed E-state index contributed by atoms with van der Waals surface area (Å²) in [4.78, 5) is 26.8. The van der Waals surface area contributed by atoms with E-state index in [4.69, 9.17) is 0 Å². The zero-order chi connectivity index (χ0) is 20.9. The zero-order valence-corrected chi connectivity index (χ0v) is 17.4. The molecule has 2 aromatic carbocycles. The number of carbonyl (C=O) groups is 2. The number of amides is 1. The molecule has 0 saturated carbocycles. The van der Waals surface area contributed by atoms with Gasteiger partial charge in [-0.2, -0.15) is 5.10 Å². The van der Waals surface area contributed by atoms with Gasteiger partial charge < -0.3 is 4.90 Å².